The molecule has 0 aromatic carbocycles. The number of nitrogens with zero attached hydrogens (tertiary/aromatic N) is 2. The van der Waals surface area contributed by atoms with E-state index in [-0.39, 0.29) is 5.57 Å². The van der Waals surface area contributed by atoms with Crippen LogP contribution < -0.4 is 5.32 Å². The topological polar surface area (TPSA) is 86.0 Å². The summed E-state index contributed by atoms with van der Waals surface area (Å²) in [5, 5.41) is 20.7. The van der Waals surface area contributed by atoms with Gasteiger partial charge < -0.3 is 10.4 Å². The number of hydrogen-bond donors (Lipinski definition) is 2. The van der Waals surface area contributed by atoms with E-state index in [1.165, 1.54) is 0 Å². The molecule has 0 aliphatic rings. The second-order valence-corrected chi connectivity index (χ2v) is 3.51. The smallest absolute Gasteiger partial charge is 0.349 e. The van der Waals surface area contributed by atoms with E-state index in [0.717, 1.165) is 11.8 Å². The maximum absolute atomic E-state index is 10.8. The van der Waals surface area contributed by atoms with Crippen LogP contribution in [0.1, 0.15) is 0 Å². The summed E-state index contributed by atoms with van der Waals surface area (Å²) >= 11 is 1.16. The Kier molecular flexibility index (Phi) is 4.36. The molecule has 0 fully saturated rings. The van der Waals surface area contributed by atoms with Gasteiger partial charge in [0.25, 0.3) is 0 Å². The Hall–Kier alpha value is -2.00. The maximum atomic E-state index is 10.8. The third-order valence-corrected chi connectivity index (χ3v) is 2.39. The number of nitriles is 1. The Labute approximate surface area is 96.8 Å². The van der Waals surface area contributed by atoms with E-state index in [0.29, 0.717) is 10.7 Å². The van der Waals surface area contributed by atoms with Gasteiger partial charge >= 0.3 is 5.97 Å². The molecule has 0 aliphatic heterocycles. The Bertz CT molecular complexity index is 451. The standard InChI is InChI=1S/C10H9N3O2S/c1-16-9(8(5-11)10(14)15)13-7-3-2-4-12-6-7/h2-4,6,13H,1H3,(H,14,15)/b9-8+. The molecule has 1 heterocycles. The van der Waals surface area contributed by atoms with E-state index < -0.39 is 5.97 Å². The first kappa shape index (κ1) is 12.1. The molecular weight excluding hydrogens is 226 g/mol. The zero-order valence-electron chi connectivity index (χ0n) is 8.47. The fourth-order valence-corrected chi connectivity index (χ4v) is 1.54. The summed E-state index contributed by atoms with van der Waals surface area (Å²) in [4.78, 5) is 14.6. The van der Waals surface area contributed by atoms with Crippen LogP contribution in [0.15, 0.2) is 35.1 Å². The van der Waals surface area contributed by atoms with Crippen LogP contribution >= 0.6 is 11.8 Å². The molecule has 0 spiro atoms. The number of carboxylic acids is 1. The number of aliphatic carboxylic acids is 1. The average molecular weight is 235 g/mol. The minimum atomic E-state index is -1.25. The van der Waals surface area contributed by atoms with Crippen molar-refractivity contribution in [3.63, 3.8) is 0 Å². The number of anilines is 1. The summed E-state index contributed by atoms with van der Waals surface area (Å²) in [6, 6.07) is 5.10. The molecule has 0 bridgehead atoms. The Balaban J connectivity index is 3.01. The van der Waals surface area contributed by atoms with Crippen molar-refractivity contribution < 1.29 is 9.90 Å². The zero-order valence-corrected chi connectivity index (χ0v) is 9.28. The van der Waals surface area contributed by atoms with Gasteiger partial charge in [-0.15, -0.1) is 11.8 Å². The van der Waals surface area contributed by atoms with Gasteiger partial charge in [0.05, 0.1) is 16.9 Å². The molecule has 82 valence electrons. The largest absolute Gasteiger partial charge is 0.477 e. The fourth-order valence-electron chi connectivity index (χ4n) is 0.979. The first-order chi connectivity index (χ1) is 7.69. The lowest BCUT2D eigenvalue weighted by Crippen LogP contribution is -2.07. The highest BCUT2D eigenvalue weighted by atomic mass is 32.2. The van der Waals surface area contributed by atoms with Gasteiger partial charge in [-0.3, -0.25) is 4.98 Å². The molecular formula is C10H9N3O2S. The molecule has 0 amide bonds. The van der Waals surface area contributed by atoms with Crippen molar-refractivity contribution in [1.29, 1.82) is 5.26 Å². The molecule has 2 N–H and O–H groups in total. The van der Waals surface area contributed by atoms with Crippen LogP contribution in [-0.4, -0.2) is 22.3 Å². The van der Waals surface area contributed by atoms with Gasteiger partial charge in [0.2, 0.25) is 0 Å². The Morgan fingerprint density at radius 2 is 2.44 bits per heavy atom. The molecule has 6 heteroatoms. The molecule has 1 aromatic rings. The van der Waals surface area contributed by atoms with Crippen molar-refractivity contribution in [2.45, 2.75) is 0 Å². The number of thioether (sulfide) groups is 1. The van der Waals surface area contributed by atoms with Crippen LogP contribution in [0.5, 0.6) is 0 Å². The molecule has 0 unspecified atom stereocenters. The average Bonchev–Trinajstić information content (AvgIpc) is 2.29. The predicted molar refractivity (Wildman–Crippen MR) is 61.6 cm³/mol. The lowest BCUT2D eigenvalue weighted by Gasteiger charge is -2.08. The number of rotatable bonds is 4. The highest BCUT2D eigenvalue weighted by Gasteiger charge is 2.13. The molecule has 0 atom stereocenters. The number of pyridine rings is 1. The summed E-state index contributed by atoms with van der Waals surface area (Å²) in [5.74, 6) is -1.25. The van der Waals surface area contributed by atoms with Crippen molar-refractivity contribution in [1.82, 2.24) is 4.98 Å². The van der Waals surface area contributed by atoms with Gasteiger partial charge in [0.15, 0.2) is 5.57 Å². The van der Waals surface area contributed by atoms with Gasteiger partial charge in [-0.1, -0.05) is 0 Å². The summed E-state index contributed by atoms with van der Waals surface area (Å²) in [5.41, 5.74) is 0.331. The molecule has 0 radical (unpaired) electrons. The van der Waals surface area contributed by atoms with E-state index in [1.54, 1.807) is 36.9 Å². The Morgan fingerprint density at radius 1 is 1.69 bits per heavy atom. The lowest BCUT2D eigenvalue weighted by atomic mass is 10.3. The minimum Gasteiger partial charge on any atom is -0.477 e. The van der Waals surface area contributed by atoms with Crippen molar-refractivity contribution in [2.24, 2.45) is 0 Å². The van der Waals surface area contributed by atoms with Crippen LogP contribution in [-0.2, 0) is 4.79 Å². The van der Waals surface area contributed by atoms with Crippen molar-refractivity contribution >= 4 is 23.4 Å². The normalized spacial score (nSPS) is 11.2. The monoisotopic (exact) mass is 235 g/mol. The number of carboxylic acid groups (broad SMARTS) is 1. The van der Waals surface area contributed by atoms with E-state index in [1.807, 2.05) is 0 Å². The minimum absolute atomic E-state index is 0.294. The number of carbonyl (C=O) groups is 1. The van der Waals surface area contributed by atoms with E-state index >= 15 is 0 Å². The lowest BCUT2D eigenvalue weighted by molar-refractivity contribution is -0.132. The van der Waals surface area contributed by atoms with E-state index in [9.17, 15) is 4.79 Å². The maximum Gasteiger partial charge on any atom is 0.349 e. The van der Waals surface area contributed by atoms with Crippen LogP contribution in [0.4, 0.5) is 5.69 Å². The molecule has 0 aliphatic carbocycles. The van der Waals surface area contributed by atoms with Crippen molar-refractivity contribution in [3.8, 4) is 6.07 Å². The van der Waals surface area contributed by atoms with E-state index in [4.69, 9.17) is 10.4 Å². The van der Waals surface area contributed by atoms with Gasteiger partial charge in [0.1, 0.15) is 6.07 Å². The summed E-state index contributed by atoms with van der Waals surface area (Å²) in [6.07, 6.45) is 4.85. The van der Waals surface area contributed by atoms with Gasteiger partial charge in [-0.2, -0.15) is 5.26 Å². The number of nitrogens with one attached hydrogen (secondary N) is 1. The fraction of sp³-hybridized carbons (Fsp3) is 0.100. The predicted octanol–water partition coefficient (Wildman–Crippen LogP) is 1.68. The third-order valence-electron chi connectivity index (χ3n) is 1.68. The van der Waals surface area contributed by atoms with Gasteiger partial charge in [-0.25, -0.2) is 4.79 Å². The van der Waals surface area contributed by atoms with Crippen molar-refractivity contribution in [3.05, 3.63) is 35.1 Å². The van der Waals surface area contributed by atoms with Crippen LogP contribution in [0.3, 0.4) is 0 Å². The van der Waals surface area contributed by atoms with Crippen molar-refractivity contribution in [2.75, 3.05) is 11.6 Å². The Morgan fingerprint density at radius 3 is 2.88 bits per heavy atom. The first-order valence-electron chi connectivity index (χ1n) is 4.27. The second-order valence-electron chi connectivity index (χ2n) is 2.69. The highest BCUT2D eigenvalue weighted by Crippen LogP contribution is 2.19. The quantitative estimate of drug-likeness (QED) is 0.610. The molecule has 1 aromatic heterocycles. The number of aromatic nitrogens is 1. The second kappa shape index (κ2) is 5.78. The summed E-state index contributed by atoms with van der Waals surface area (Å²) in [6.45, 7) is 0. The molecule has 16 heavy (non-hydrogen) atoms. The third kappa shape index (κ3) is 3.00. The van der Waals surface area contributed by atoms with Crippen LogP contribution in [0, 0.1) is 11.3 Å². The van der Waals surface area contributed by atoms with Crippen LogP contribution in [0.2, 0.25) is 0 Å². The van der Waals surface area contributed by atoms with Gasteiger partial charge in [-0.05, 0) is 18.4 Å². The molecule has 0 saturated heterocycles. The summed E-state index contributed by atoms with van der Waals surface area (Å²) in [7, 11) is 0. The summed E-state index contributed by atoms with van der Waals surface area (Å²) < 4.78 is 0. The highest BCUT2D eigenvalue weighted by molar-refractivity contribution is 8.02. The number of hydrogen-bond acceptors (Lipinski definition) is 5. The van der Waals surface area contributed by atoms with Crippen LogP contribution in [0.25, 0.3) is 0 Å². The van der Waals surface area contributed by atoms with E-state index in [2.05, 4.69) is 10.3 Å². The van der Waals surface area contributed by atoms with Gasteiger partial charge in [0, 0.05) is 6.20 Å². The SMILES string of the molecule is CS/C(Nc1cccnc1)=C(\C#N)C(=O)O. The molecule has 0 saturated carbocycles. The zero-order chi connectivity index (χ0) is 12.0. The molecule has 1 rings (SSSR count). The first-order valence-corrected chi connectivity index (χ1v) is 5.50. The molecule has 5 nitrogen and oxygen atoms in total.